The lowest BCUT2D eigenvalue weighted by molar-refractivity contribution is -0.0507. The van der Waals surface area contributed by atoms with Crippen LogP contribution in [0.3, 0.4) is 0 Å². The van der Waals surface area contributed by atoms with Gasteiger partial charge in [0.1, 0.15) is 0 Å². The van der Waals surface area contributed by atoms with Gasteiger partial charge in [-0.3, -0.25) is 4.98 Å². The summed E-state index contributed by atoms with van der Waals surface area (Å²) in [4.78, 5) is 15.5. The SMILES string of the molecule is O=S(=O)(CCO)c1ccc2c(c1)N(c1ncc(-c3ccccn3)cn1)CC21COC1. The van der Waals surface area contributed by atoms with E-state index >= 15 is 0 Å². The third-order valence-corrected chi connectivity index (χ3v) is 7.30. The largest absolute Gasteiger partial charge is 0.395 e. The molecule has 0 saturated carbocycles. The highest BCUT2D eigenvalue weighted by molar-refractivity contribution is 7.91. The highest BCUT2D eigenvalue weighted by atomic mass is 32.2. The Kier molecular flexibility index (Phi) is 4.53. The quantitative estimate of drug-likeness (QED) is 0.660. The summed E-state index contributed by atoms with van der Waals surface area (Å²) in [5, 5.41) is 9.11. The van der Waals surface area contributed by atoms with Crippen LogP contribution < -0.4 is 4.90 Å². The monoisotopic (exact) mass is 424 g/mol. The Balaban J connectivity index is 1.54. The number of aliphatic hydroxyl groups is 1. The Hall–Kier alpha value is -2.88. The Bertz CT molecular complexity index is 1180. The summed E-state index contributed by atoms with van der Waals surface area (Å²) in [6.45, 7) is 1.35. The Morgan fingerprint density at radius 3 is 2.53 bits per heavy atom. The molecule has 1 fully saturated rings. The fourth-order valence-electron chi connectivity index (χ4n) is 3.99. The molecule has 1 saturated heterocycles. The maximum absolute atomic E-state index is 12.5. The highest BCUT2D eigenvalue weighted by Gasteiger charge is 2.49. The minimum absolute atomic E-state index is 0.183. The van der Waals surface area contributed by atoms with Gasteiger partial charge in [0, 0.05) is 36.4 Å². The van der Waals surface area contributed by atoms with Crippen LogP contribution in [0.5, 0.6) is 0 Å². The van der Waals surface area contributed by atoms with E-state index in [9.17, 15) is 8.42 Å². The summed E-state index contributed by atoms with van der Waals surface area (Å²) in [7, 11) is -3.56. The van der Waals surface area contributed by atoms with Crippen molar-refractivity contribution < 1.29 is 18.3 Å². The molecule has 5 rings (SSSR count). The van der Waals surface area contributed by atoms with Crippen LogP contribution in [0.25, 0.3) is 11.3 Å². The number of hydrogen-bond donors (Lipinski definition) is 1. The van der Waals surface area contributed by atoms with Gasteiger partial charge in [0.2, 0.25) is 5.95 Å². The zero-order chi connectivity index (χ0) is 20.8. The van der Waals surface area contributed by atoms with Crippen LogP contribution in [-0.4, -0.2) is 60.6 Å². The first-order valence-corrected chi connectivity index (χ1v) is 11.2. The number of anilines is 2. The van der Waals surface area contributed by atoms with E-state index in [0.717, 1.165) is 22.5 Å². The summed E-state index contributed by atoms with van der Waals surface area (Å²) >= 11 is 0. The van der Waals surface area contributed by atoms with Crippen LogP contribution in [0.15, 0.2) is 59.9 Å². The average molecular weight is 424 g/mol. The first-order chi connectivity index (χ1) is 14.5. The molecule has 2 aliphatic heterocycles. The van der Waals surface area contributed by atoms with Crippen LogP contribution >= 0.6 is 0 Å². The predicted molar refractivity (Wildman–Crippen MR) is 110 cm³/mol. The van der Waals surface area contributed by atoms with Crippen LogP contribution in [-0.2, 0) is 20.0 Å². The zero-order valence-electron chi connectivity index (χ0n) is 16.1. The molecule has 3 aromatic rings. The van der Waals surface area contributed by atoms with Gasteiger partial charge in [-0.1, -0.05) is 12.1 Å². The summed E-state index contributed by atoms with van der Waals surface area (Å²) in [6.07, 6.45) is 5.16. The molecule has 154 valence electrons. The zero-order valence-corrected chi connectivity index (χ0v) is 16.9. The van der Waals surface area contributed by atoms with Gasteiger partial charge in [0.15, 0.2) is 9.84 Å². The number of aromatic nitrogens is 3. The van der Waals surface area contributed by atoms with Gasteiger partial charge in [-0.25, -0.2) is 18.4 Å². The second kappa shape index (κ2) is 7.12. The molecule has 0 atom stereocenters. The number of pyridine rings is 1. The normalized spacial score (nSPS) is 17.0. The summed E-state index contributed by atoms with van der Waals surface area (Å²) in [5.41, 5.74) is 3.21. The predicted octanol–water partition coefficient (Wildman–Crippen LogP) is 1.72. The molecule has 0 bridgehead atoms. The molecule has 2 aromatic heterocycles. The second-order valence-electron chi connectivity index (χ2n) is 7.57. The molecule has 0 aliphatic carbocycles. The molecular weight excluding hydrogens is 404 g/mol. The van der Waals surface area contributed by atoms with E-state index in [1.54, 1.807) is 30.7 Å². The van der Waals surface area contributed by atoms with Crippen LogP contribution in [0.1, 0.15) is 5.56 Å². The van der Waals surface area contributed by atoms with Crippen LogP contribution in [0.4, 0.5) is 11.6 Å². The standard InChI is InChI=1S/C21H20N4O4S/c26-7-8-30(27,28)16-4-5-17-19(9-16)25(12-21(17)13-29-14-21)20-23-10-15(11-24-20)18-3-1-2-6-22-18/h1-6,9-11,26H,7-8,12-14H2. The minimum atomic E-state index is -3.56. The van der Waals surface area contributed by atoms with Crippen molar-refractivity contribution in [3.63, 3.8) is 0 Å². The van der Waals surface area contributed by atoms with Gasteiger partial charge in [-0.05, 0) is 29.8 Å². The third-order valence-electron chi connectivity index (χ3n) is 5.61. The first kappa shape index (κ1) is 19.1. The molecule has 4 heterocycles. The van der Waals surface area contributed by atoms with Crippen molar-refractivity contribution in [2.45, 2.75) is 10.3 Å². The molecule has 30 heavy (non-hydrogen) atoms. The Labute approximate surface area is 174 Å². The van der Waals surface area contributed by atoms with E-state index < -0.39 is 16.4 Å². The van der Waals surface area contributed by atoms with E-state index in [2.05, 4.69) is 15.0 Å². The highest BCUT2D eigenvalue weighted by Crippen LogP contribution is 2.48. The van der Waals surface area contributed by atoms with Crippen molar-refractivity contribution >= 4 is 21.5 Å². The van der Waals surface area contributed by atoms with Crippen molar-refractivity contribution in [3.05, 3.63) is 60.6 Å². The summed E-state index contributed by atoms with van der Waals surface area (Å²) in [6, 6.07) is 10.8. The van der Waals surface area contributed by atoms with Crippen molar-refractivity contribution in [3.8, 4) is 11.3 Å². The van der Waals surface area contributed by atoms with E-state index in [4.69, 9.17) is 9.84 Å². The van der Waals surface area contributed by atoms with Crippen molar-refractivity contribution in [1.29, 1.82) is 0 Å². The van der Waals surface area contributed by atoms with Gasteiger partial charge in [0.25, 0.3) is 0 Å². The first-order valence-electron chi connectivity index (χ1n) is 9.59. The molecule has 1 spiro atoms. The lowest BCUT2D eigenvalue weighted by Gasteiger charge is -2.38. The van der Waals surface area contributed by atoms with Gasteiger partial charge in [0.05, 0.1) is 41.6 Å². The third kappa shape index (κ3) is 3.06. The van der Waals surface area contributed by atoms with E-state index in [-0.39, 0.29) is 16.1 Å². The topological polar surface area (TPSA) is 106 Å². The van der Waals surface area contributed by atoms with Crippen LogP contribution in [0, 0.1) is 0 Å². The Morgan fingerprint density at radius 2 is 1.90 bits per heavy atom. The lowest BCUT2D eigenvalue weighted by Crippen LogP contribution is -2.49. The van der Waals surface area contributed by atoms with E-state index in [0.29, 0.717) is 25.7 Å². The molecule has 0 radical (unpaired) electrons. The van der Waals surface area contributed by atoms with Crippen molar-refractivity contribution in [2.75, 3.05) is 37.0 Å². The molecule has 0 amide bonds. The maximum Gasteiger partial charge on any atom is 0.229 e. The van der Waals surface area contributed by atoms with Gasteiger partial charge in [-0.15, -0.1) is 0 Å². The molecule has 1 N–H and O–H groups in total. The number of rotatable bonds is 5. The van der Waals surface area contributed by atoms with E-state index in [1.807, 2.05) is 29.2 Å². The number of nitrogens with zero attached hydrogens (tertiary/aromatic N) is 4. The summed E-state index contributed by atoms with van der Waals surface area (Å²) < 4.78 is 30.4. The number of ether oxygens (including phenoxy) is 1. The van der Waals surface area contributed by atoms with Crippen LogP contribution in [0.2, 0.25) is 0 Å². The molecule has 9 heteroatoms. The number of benzene rings is 1. The number of sulfone groups is 1. The molecule has 2 aliphatic rings. The fourth-order valence-corrected chi connectivity index (χ4v) is 5.03. The van der Waals surface area contributed by atoms with E-state index in [1.165, 1.54) is 0 Å². The summed E-state index contributed by atoms with van der Waals surface area (Å²) in [5.74, 6) is 0.186. The van der Waals surface area contributed by atoms with Gasteiger partial charge < -0.3 is 14.7 Å². The lowest BCUT2D eigenvalue weighted by atomic mass is 9.81. The van der Waals surface area contributed by atoms with Crippen molar-refractivity contribution in [2.24, 2.45) is 0 Å². The van der Waals surface area contributed by atoms with Gasteiger partial charge in [-0.2, -0.15) is 0 Å². The number of aliphatic hydroxyl groups excluding tert-OH is 1. The molecule has 8 nitrogen and oxygen atoms in total. The maximum atomic E-state index is 12.5. The molecular formula is C21H20N4O4S. The smallest absolute Gasteiger partial charge is 0.229 e. The minimum Gasteiger partial charge on any atom is -0.395 e. The van der Waals surface area contributed by atoms with Gasteiger partial charge >= 0.3 is 0 Å². The Morgan fingerprint density at radius 1 is 1.10 bits per heavy atom. The number of hydrogen-bond acceptors (Lipinski definition) is 8. The van der Waals surface area contributed by atoms with Crippen molar-refractivity contribution in [1.82, 2.24) is 15.0 Å². The molecule has 0 unspecified atom stereocenters. The molecule has 1 aromatic carbocycles. The number of fused-ring (bicyclic) bond motifs is 2. The second-order valence-corrected chi connectivity index (χ2v) is 9.68. The fraction of sp³-hybridized carbons (Fsp3) is 0.286. The average Bonchev–Trinajstić information content (AvgIpc) is 3.10.